The van der Waals surface area contributed by atoms with Crippen molar-refractivity contribution in [2.45, 2.75) is 59.2 Å². The van der Waals surface area contributed by atoms with E-state index in [0.29, 0.717) is 13.0 Å². The maximum atomic E-state index is 12.8. The summed E-state index contributed by atoms with van der Waals surface area (Å²) in [5.41, 5.74) is -0.0546. The monoisotopic (exact) mass is 343 g/mol. The lowest BCUT2D eigenvalue weighted by molar-refractivity contribution is -0.139. The van der Waals surface area contributed by atoms with Crippen molar-refractivity contribution in [3.63, 3.8) is 0 Å². The fraction of sp³-hybridized carbons (Fsp3) is 0.476. The summed E-state index contributed by atoms with van der Waals surface area (Å²) in [7, 11) is 0. The number of fused-ring (bicyclic) bond motifs is 1. The van der Waals surface area contributed by atoms with Gasteiger partial charge in [0.05, 0.1) is 6.10 Å². The van der Waals surface area contributed by atoms with Crippen LogP contribution in [0.4, 0.5) is 5.69 Å². The Kier molecular flexibility index (Phi) is 6.43. The van der Waals surface area contributed by atoms with Crippen LogP contribution >= 0.6 is 0 Å². The smallest absolute Gasteiger partial charge is 0.256 e. The lowest BCUT2D eigenvalue weighted by Gasteiger charge is -2.27. The average Bonchev–Trinajstić information content (AvgIpc) is 2.61. The van der Waals surface area contributed by atoms with Gasteiger partial charge in [0, 0.05) is 23.1 Å². The van der Waals surface area contributed by atoms with E-state index in [9.17, 15) is 4.79 Å². The fourth-order valence-corrected chi connectivity index (χ4v) is 2.65. The molecule has 4 heteroatoms. The number of hydrogen-bond acceptors (Lipinski definition) is 3. The van der Waals surface area contributed by atoms with Crippen molar-refractivity contribution >= 4 is 22.4 Å². The van der Waals surface area contributed by atoms with E-state index in [4.69, 9.17) is 9.47 Å². The van der Waals surface area contributed by atoms with Crippen molar-refractivity contribution in [2.24, 2.45) is 0 Å². The standard InChI is InChI=1S/C21H29NO3/c1-6-14-24-21(5,7-2)20(23)22-18-12-13-19(25-15(3)4)17-11-9-8-10-16(17)18/h8-13,15H,6-7,14H2,1-5H3,(H,22,23)/t21-/m1/s1. The first-order valence-electron chi connectivity index (χ1n) is 9.05. The van der Waals surface area contributed by atoms with Crippen LogP contribution in [0.3, 0.4) is 0 Å². The first-order valence-corrected chi connectivity index (χ1v) is 9.05. The molecule has 0 fully saturated rings. The highest BCUT2D eigenvalue weighted by molar-refractivity contribution is 6.06. The summed E-state index contributed by atoms with van der Waals surface area (Å²) in [5.74, 6) is 0.704. The SMILES string of the molecule is CCCO[C@](C)(CC)C(=O)Nc1ccc(OC(C)C)c2ccccc12. The van der Waals surface area contributed by atoms with E-state index >= 15 is 0 Å². The van der Waals surface area contributed by atoms with Gasteiger partial charge in [-0.25, -0.2) is 0 Å². The summed E-state index contributed by atoms with van der Waals surface area (Å²) >= 11 is 0. The van der Waals surface area contributed by atoms with Crippen LogP contribution in [0.2, 0.25) is 0 Å². The van der Waals surface area contributed by atoms with Gasteiger partial charge >= 0.3 is 0 Å². The van der Waals surface area contributed by atoms with E-state index < -0.39 is 5.60 Å². The molecule has 0 radical (unpaired) electrons. The Bertz CT molecular complexity index is 726. The van der Waals surface area contributed by atoms with Crippen molar-refractivity contribution in [1.82, 2.24) is 0 Å². The molecule has 2 aromatic carbocycles. The molecule has 1 N–H and O–H groups in total. The summed E-state index contributed by atoms with van der Waals surface area (Å²) in [6, 6.07) is 11.7. The summed E-state index contributed by atoms with van der Waals surface area (Å²) in [4.78, 5) is 12.8. The lowest BCUT2D eigenvalue weighted by Crippen LogP contribution is -2.42. The Labute approximate surface area is 150 Å². The minimum absolute atomic E-state index is 0.0923. The van der Waals surface area contributed by atoms with E-state index in [1.807, 2.05) is 71.0 Å². The topological polar surface area (TPSA) is 47.6 Å². The Balaban J connectivity index is 2.34. The van der Waals surface area contributed by atoms with Crippen LogP contribution in [-0.4, -0.2) is 24.2 Å². The number of amides is 1. The third kappa shape index (κ3) is 4.51. The summed E-state index contributed by atoms with van der Waals surface area (Å²) in [6.07, 6.45) is 1.59. The molecular weight excluding hydrogens is 314 g/mol. The molecule has 0 spiro atoms. The van der Waals surface area contributed by atoms with Gasteiger partial charge in [-0.15, -0.1) is 0 Å². The number of hydrogen-bond donors (Lipinski definition) is 1. The third-order valence-corrected chi connectivity index (χ3v) is 4.27. The van der Waals surface area contributed by atoms with Gasteiger partial charge in [-0.05, 0) is 45.7 Å². The zero-order valence-corrected chi connectivity index (χ0v) is 15.9. The maximum absolute atomic E-state index is 12.8. The largest absolute Gasteiger partial charge is 0.490 e. The van der Waals surface area contributed by atoms with Crippen molar-refractivity contribution in [1.29, 1.82) is 0 Å². The van der Waals surface area contributed by atoms with Gasteiger partial charge in [0.2, 0.25) is 0 Å². The van der Waals surface area contributed by atoms with Crippen LogP contribution in [-0.2, 0) is 9.53 Å². The Morgan fingerprint density at radius 2 is 1.80 bits per heavy atom. The second-order valence-corrected chi connectivity index (χ2v) is 6.71. The lowest BCUT2D eigenvalue weighted by atomic mass is 10.0. The van der Waals surface area contributed by atoms with Crippen LogP contribution in [0.25, 0.3) is 10.8 Å². The zero-order chi connectivity index (χ0) is 18.4. The summed E-state index contributed by atoms with van der Waals surface area (Å²) in [6.45, 7) is 10.4. The van der Waals surface area contributed by atoms with Crippen LogP contribution in [0.15, 0.2) is 36.4 Å². The van der Waals surface area contributed by atoms with Crippen molar-refractivity contribution in [2.75, 3.05) is 11.9 Å². The van der Waals surface area contributed by atoms with Gasteiger partial charge in [-0.1, -0.05) is 38.1 Å². The Hall–Kier alpha value is -2.07. The number of nitrogens with one attached hydrogen (secondary N) is 1. The molecule has 136 valence electrons. The minimum Gasteiger partial charge on any atom is -0.490 e. The highest BCUT2D eigenvalue weighted by Gasteiger charge is 2.32. The van der Waals surface area contributed by atoms with Crippen molar-refractivity contribution < 1.29 is 14.3 Å². The van der Waals surface area contributed by atoms with Crippen molar-refractivity contribution in [3.8, 4) is 5.75 Å². The molecule has 0 aromatic heterocycles. The quantitative estimate of drug-likeness (QED) is 0.720. The van der Waals surface area contributed by atoms with Crippen LogP contribution in [0.1, 0.15) is 47.5 Å². The van der Waals surface area contributed by atoms with E-state index in [2.05, 4.69) is 5.32 Å². The molecule has 0 bridgehead atoms. The van der Waals surface area contributed by atoms with Crippen molar-refractivity contribution in [3.05, 3.63) is 36.4 Å². The van der Waals surface area contributed by atoms with Crippen LogP contribution < -0.4 is 10.1 Å². The van der Waals surface area contributed by atoms with Gasteiger partial charge in [0.25, 0.3) is 5.91 Å². The van der Waals surface area contributed by atoms with Crippen LogP contribution in [0, 0.1) is 0 Å². The second-order valence-electron chi connectivity index (χ2n) is 6.71. The summed E-state index contributed by atoms with van der Waals surface area (Å²) in [5, 5.41) is 5.00. The Morgan fingerprint density at radius 3 is 2.40 bits per heavy atom. The van der Waals surface area contributed by atoms with E-state index in [-0.39, 0.29) is 12.0 Å². The predicted molar refractivity (Wildman–Crippen MR) is 103 cm³/mol. The number of benzene rings is 2. The molecule has 4 nitrogen and oxygen atoms in total. The molecular formula is C21H29NO3. The van der Waals surface area contributed by atoms with Gasteiger partial charge in [0.15, 0.2) is 0 Å². The molecule has 0 unspecified atom stereocenters. The molecule has 25 heavy (non-hydrogen) atoms. The van der Waals surface area contributed by atoms with Gasteiger partial charge in [-0.3, -0.25) is 4.79 Å². The Morgan fingerprint density at radius 1 is 1.12 bits per heavy atom. The maximum Gasteiger partial charge on any atom is 0.256 e. The average molecular weight is 343 g/mol. The van der Waals surface area contributed by atoms with E-state index in [1.165, 1.54) is 0 Å². The highest BCUT2D eigenvalue weighted by atomic mass is 16.5. The molecule has 0 aliphatic carbocycles. The molecule has 2 aromatic rings. The number of carbonyl (C=O) groups excluding carboxylic acids is 1. The molecule has 1 atom stereocenters. The number of ether oxygens (including phenoxy) is 2. The second kappa shape index (κ2) is 8.34. The number of carbonyl (C=O) groups is 1. The van der Waals surface area contributed by atoms with E-state index in [0.717, 1.165) is 28.6 Å². The zero-order valence-electron chi connectivity index (χ0n) is 15.9. The first kappa shape index (κ1) is 19.3. The van der Waals surface area contributed by atoms with Gasteiger partial charge < -0.3 is 14.8 Å². The molecule has 2 rings (SSSR count). The fourth-order valence-electron chi connectivity index (χ4n) is 2.65. The number of rotatable bonds is 8. The summed E-state index contributed by atoms with van der Waals surface area (Å²) < 4.78 is 11.7. The molecule has 0 heterocycles. The van der Waals surface area contributed by atoms with Crippen LogP contribution in [0.5, 0.6) is 5.75 Å². The molecule has 0 aliphatic rings. The molecule has 1 amide bonds. The first-order chi connectivity index (χ1) is 11.9. The molecule has 0 saturated carbocycles. The predicted octanol–water partition coefficient (Wildman–Crippen LogP) is 5.16. The van der Waals surface area contributed by atoms with Gasteiger partial charge in [-0.2, -0.15) is 0 Å². The minimum atomic E-state index is -0.829. The molecule has 0 aliphatic heterocycles. The van der Waals surface area contributed by atoms with Gasteiger partial charge in [0.1, 0.15) is 11.4 Å². The molecule has 0 saturated heterocycles. The number of anilines is 1. The normalized spacial score (nSPS) is 13.7. The third-order valence-electron chi connectivity index (χ3n) is 4.27. The highest BCUT2D eigenvalue weighted by Crippen LogP contribution is 2.33. The van der Waals surface area contributed by atoms with E-state index in [1.54, 1.807) is 0 Å².